The van der Waals surface area contributed by atoms with Gasteiger partial charge in [0.05, 0.1) is 35.8 Å². The Hall–Kier alpha value is -2.38. The Balaban J connectivity index is 1.90. The number of hydrogen-bond donors (Lipinski definition) is 3. The first-order chi connectivity index (χ1) is 17.8. The average Bonchev–Trinajstić information content (AvgIpc) is 3.63. The number of fused-ring (bicyclic) bond motifs is 1. The minimum atomic E-state index is -1.25. The van der Waals surface area contributed by atoms with Gasteiger partial charge in [0.25, 0.3) is 0 Å². The molecule has 212 valence electrons. The quantitative estimate of drug-likeness (QED) is 0.272. The van der Waals surface area contributed by atoms with Gasteiger partial charge < -0.3 is 25.4 Å². The highest BCUT2D eigenvalue weighted by Crippen LogP contribution is 2.50. The first-order valence-corrected chi connectivity index (χ1v) is 14.1. The minimum Gasteiger partial charge on any atom is -0.489 e. The first-order valence-electron chi connectivity index (χ1n) is 14.1. The van der Waals surface area contributed by atoms with Crippen LogP contribution in [-0.4, -0.2) is 40.3 Å². The third kappa shape index (κ3) is 6.97. The van der Waals surface area contributed by atoms with Gasteiger partial charge in [-0.15, -0.1) is 0 Å². The molecule has 1 fully saturated rings. The summed E-state index contributed by atoms with van der Waals surface area (Å²) in [6.07, 6.45) is 2.41. The number of cyclic esters (lactones) is 1. The van der Waals surface area contributed by atoms with Gasteiger partial charge >= 0.3 is 5.97 Å². The van der Waals surface area contributed by atoms with Gasteiger partial charge in [-0.1, -0.05) is 52.3 Å². The molecule has 2 aliphatic rings. The van der Waals surface area contributed by atoms with E-state index < -0.39 is 35.6 Å². The third-order valence-corrected chi connectivity index (χ3v) is 8.79. The molecular weight excluding hydrogens is 482 g/mol. The molecule has 7 heteroatoms. The summed E-state index contributed by atoms with van der Waals surface area (Å²) in [7, 11) is 0. The van der Waals surface area contributed by atoms with E-state index >= 15 is 0 Å². The van der Waals surface area contributed by atoms with E-state index in [1.54, 1.807) is 32.9 Å². The van der Waals surface area contributed by atoms with Crippen molar-refractivity contribution in [2.45, 2.75) is 105 Å². The highest BCUT2D eigenvalue weighted by molar-refractivity contribution is 5.88. The maximum absolute atomic E-state index is 13.4. The van der Waals surface area contributed by atoms with Crippen LogP contribution in [0.1, 0.15) is 92.2 Å². The van der Waals surface area contributed by atoms with Crippen molar-refractivity contribution in [2.24, 2.45) is 29.1 Å². The van der Waals surface area contributed by atoms with Crippen LogP contribution in [0.25, 0.3) is 0 Å². The molecule has 1 aromatic rings. The van der Waals surface area contributed by atoms with Crippen LogP contribution in [0.3, 0.4) is 0 Å². The normalized spacial score (nSPS) is 34.9. The van der Waals surface area contributed by atoms with Gasteiger partial charge in [-0.25, -0.2) is 0 Å². The smallest absolute Gasteiger partial charge is 0.309 e. The molecule has 38 heavy (non-hydrogen) atoms. The van der Waals surface area contributed by atoms with Crippen LogP contribution in [0, 0.1) is 29.1 Å². The summed E-state index contributed by atoms with van der Waals surface area (Å²) < 4.78 is 11.8. The number of allylic oxidation sites excluding steroid dienone is 1. The lowest BCUT2D eigenvalue weighted by Gasteiger charge is -2.34. The van der Waals surface area contributed by atoms with E-state index in [2.05, 4.69) is 13.0 Å². The lowest BCUT2D eigenvalue weighted by atomic mass is 9.72. The number of Topliss-reactive ketones (excluding diaryl/α,β-unsaturated/α-hetero) is 1. The minimum absolute atomic E-state index is 0.0237. The monoisotopic (exact) mass is 529 g/mol. The summed E-state index contributed by atoms with van der Waals surface area (Å²) >= 11 is 0. The molecule has 0 bridgehead atoms. The van der Waals surface area contributed by atoms with Crippen LogP contribution in [0.15, 0.2) is 29.8 Å². The number of aliphatic hydroxyl groups excluding tert-OH is 2. The fraction of sp³-hybridized carbons (Fsp3) is 0.677. The summed E-state index contributed by atoms with van der Waals surface area (Å²) in [5.41, 5.74) is 7.49. The predicted molar refractivity (Wildman–Crippen MR) is 148 cm³/mol. The number of aliphatic hydroxyl groups is 2. The molecule has 1 aliphatic heterocycles. The van der Waals surface area contributed by atoms with Gasteiger partial charge in [0.1, 0.15) is 17.6 Å². The summed E-state index contributed by atoms with van der Waals surface area (Å²) in [4.78, 5) is 26.4. The van der Waals surface area contributed by atoms with Gasteiger partial charge in [0.2, 0.25) is 0 Å². The maximum atomic E-state index is 13.4. The third-order valence-electron chi connectivity index (χ3n) is 8.79. The van der Waals surface area contributed by atoms with Gasteiger partial charge in [0, 0.05) is 12.3 Å². The zero-order valence-corrected chi connectivity index (χ0v) is 24.1. The van der Waals surface area contributed by atoms with Crippen LogP contribution < -0.4 is 10.5 Å². The van der Waals surface area contributed by atoms with Gasteiger partial charge in [-0.05, 0) is 68.6 Å². The second-order valence-electron chi connectivity index (χ2n) is 12.2. The first kappa shape index (κ1) is 30.2. The Bertz CT molecular complexity index is 1030. The molecule has 1 saturated carbocycles. The number of anilines is 1. The number of carbonyl (C=O) groups is 2. The fourth-order valence-electron chi connectivity index (χ4n) is 5.62. The number of benzene rings is 1. The SMILES string of the molecule is CCC(C)Oc1ccc([C@@H]2C/C=C(/C)CC3CC3[C@H](C)[C@H](O)[C@@H](C)C(=O)C(C)(C)[C@@H](O)CC(=O)O2)cc1N. The molecule has 0 amide bonds. The Labute approximate surface area is 227 Å². The van der Waals surface area contributed by atoms with E-state index in [0.29, 0.717) is 29.7 Å². The van der Waals surface area contributed by atoms with E-state index in [1.807, 2.05) is 26.8 Å². The lowest BCUT2D eigenvalue weighted by molar-refractivity contribution is -0.155. The van der Waals surface area contributed by atoms with Crippen molar-refractivity contribution >= 4 is 17.4 Å². The van der Waals surface area contributed by atoms with Crippen molar-refractivity contribution in [1.29, 1.82) is 0 Å². The Morgan fingerprint density at radius 3 is 2.50 bits per heavy atom. The lowest BCUT2D eigenvalue weighted by Crippen LogP contribution is -2.45. The largest absolute Gasteiger partial charge is 0.489 e. The Morgan fingerprint density at radius 2 is 1.87 bits per heavy atom. The van der Waals surface area contributed by atoms with Gasteiger partial charge in [-0.3, -0.25) is 9.59 Å². The second kappa shape index (κ2) is 12.2. The molecule has 3 rings (SSSR count). The zero-order valence-electron chi connectivity index (χ0n) is 24.1. The van der Waals surface area contributed by atoms with Crippen LogP contribution in [-0.2, 0) is 14.3 Å². The van der Waals surface area contributed by atoms with Crippen molar-refractivity contribution in [3.05, 3.63) is 35.4 Å². The number of nitrogens with two attached hydrogens (primary N) is 1. The van der Waals surface area contributed by atoms with Crippen molar-refractivity contribution < 1.29 is 29.3 Å². The topological polar surface area (TPSA) is 119 Å². The van der Waals surface area contributed by atoms with E-state index in [4.69, 9.17) is 15.2 Å². The van der Waals surface area contributed by atoms with E-state index in [9.17, 15) is 19.8 Å². The molecular formula is C31H47NO6. The van der Waals surface area contributed by atoms with Gasteiger partial charge in [-0.2, -0.15) is 0 Å². The second-order valence-corrected chi connectivity index (χ2v) is 12.2. The summed E-state index contributed by atoms with van der Waals surface area (Å²) in [5, 5.41) is 22.0. The number of ether oxygens (including phenoxy) is 2. The van der Waals surface area contributed by atoms with E-state index in [0.717, 1.165) is 24.8 Å². The number of esters is 1. The van der Waals surface area contributed by atoms with Crippen LogP contribution in [0.5, 0.6) is 5.75 Å². The molecule has 0 radical (unpaired) electrons. The molecule has 1 aromatic carbocycles. The molecule has 0 aromatic heterocycles. The van der Waals surface area contributed by atoms with Crippen LogP contribution in [0.2, 0.25) is 0 Å². The fourth-order valence-corrected chi connectivity index (χ4v) is 5.62. The number of nitrogen functional groups attached to an aromatic ring is 1. The van der Waals surface area contributed by atoms with E-state index in [1.165, 1.54) is 5.57 Å². The van der Waals surface area contributed by atoms with E-state index in [-0.39, 0.29) is 24.2 Å². The van der Waals surface area contributed by atoms with Crippen molar-refractivity contribution in [3.8, 4) is 5.75 Å². The zero-order chi connectivity index (χ0) is 28.4. The summed E-state index contributed by atoms with van der Waals surface area (Å²) in [5.74, 6) is -0.111. The van der Waals surface area contributed by atoms with Crippen LogP contribution in [0.4, 0.5) is 5.69 Å². The van der Waals surface area contributed by atoms with Crippen molar-refractivity contribution in [2.75, 3.05) is 5.73 Å². The number of carbonyl (C=O) groups excluding carboxylic acids is 2. The van der Waals surface area contributed by atoms with Gasteiger partial charge in [0.15, 0.2) is 0 Å². The molecule has 1 heterocycles. The molecule has 8 atom stereocenters. The molecule has 3 unspecified atom stereocenters. The Morgan fingerprint density at radius 1 is 1.18 bits per heavy atom. The standard InChI is InChI=1S/C31H47NO6/c1-8-18(3)37-26-12-10-21(15-24(26)32)25-11-9-17(2)13-22-14-23(22)19(4)29(35)20(5)30(36)31(6,7)27(33)16-28(34)38-25/h9-10,12,15,18-20,22-23,25,27,29,33,35H,8,11,13-14,16,32H2,1-7H3/b17-9-/t18?,19-,20+,22?,23?,25-,27-,29-/m0/s1. The number of ketones is 1. The number of hydrogen-bond acceptors (Lipinski definition) is 7. The highest BCUT2D eigenvalue weighted by atomic mass is 16.5. The number of rotatable bonds is 4. The van der Waals surface area contributed by atoms with Crippen LogP contribution >= 0.6 is 0 Å². The maximum Gasteiger partial charge on any atom is 0.309 e. The molecule has 0 spiro atoms. The average molecular weight is 530 g/mol. The molecule has 4 N–H and O–H groups in total. The predicted octanol–water partition coefficient (Wildman–Crippen LogP) is 5.39. The Kier molecular flexibility index (Phi) is 9.69. The highest BCUT2D eigenvalue weighted by Gasteiger charge is 2.47. The molecule has 0 saturated heterocycles. The van der Waals surface area contributed by atoms with Crippen molar-refractivity contribution in [1.82, 2.24) is 0 Å². The molecule has 7 nitrogen and oxygen atoms in total. The molecule has 1 aliphatic carbocycles. The summed E-state index contributed by atoms with van der Waals surface area (Å²) in [6.45, 7) is 13.1. The van der Waals surface area contributed by atoms with Crippen molar-refractivity contribution in [3.63, 3.8) is 0 Å². The summed E-state index contributed by atoms with van der Waals surface area (Å²) in [6, 6.07) is 5.45.